The van der Waals surface area contributed by atoms with Crippen molar-refractivity contribution in [2.24, 2.45) is 23.2 Å². The molecule has 0 amide bonds. The summed E-state index contributed by atoms with van der Waals surface area (Å²) < 4.78 is 32.0. The number of ether oxygens (including phenoxy) is 3. The predicted molar refractivity (Wildman–Crippen MR) is 206 cm³/mol. The standard InChI is InChI=1S/C41H76O5Si2/c1-30(18-16-24-39(8,9)44-29-42-11)33-22-23-34-32(19-17-25-40(33,34)10)21-20-31-26-35(45-47(12,13)37(2,3)4)41(28-43-41)36(27-31)46-48(14,15)38(5,6)7/h20-21,30,33-36H,16-19,22-29H2,1-15H3/b31-20?,32-21+/t30-,33?,34?,35-,36?,40?,41?/m1/s1. The molecule has 5 unspecified atom stereocenters. The Balaban J connectivity index is 1.53. The van der Waals surface area contributed by atoms with Crippen LogP contribution in [0.3, 0.4) is 0 Å². The van der Waals surface area contributed by atoms with Gasteiger partial charge in [-0.2, -0.15) is 0 Å². The zero-order valence-electron chi connectivity index (χ0n) is 34.1. The minimum atomic E-state index is -2.00. The minimum Gasteiger partial charge on any atom is -0.410 e. The third-order valence-electron chi connectivity index (χ3n) is 14.2. The summed E-state index contributed by atoms with van der Waals surface area (Å²) in [6, 6.07) is 0. The molecule has 5 nitrogen and oxygen atoms in total. The van der Waals surface area contributed by atoms with Crippen LogP contribution in [0.5, 0.6) is 0 Å². The Labute approximate surface area is 299 Å². The molecule has 4 fully saturated rings. The van der Waals surface area contributed by atoms with Gasteiger partial charge in [0.1, 0.15) is 12.4 Å². The van der Waals surface area contributed by atoms with Gasteiger partial charge in [0.25, 0.3) is 0 Å². The lowest BCUT2D eigenvalue weighted by Crippen LogP contribution is -2.57. The normalized spacial score (nSPS) is 34.2. The smallest absolute Gasteiger partial charge is 0.192 e. The van der Waals surface area contributed by atoms with Gasteiger partial charge in [0.2, 0.25) is 0 Å². The number of methoxy groups -OCH3 is 1. The van der Waals surface area contributed by atoms with Crippen LogP contribution in [0, 0.1) is 23.2 Å². The van der Waals surface area contributed by atoms with Gasteiger partial charge < -0.3 is 23.1 Å². The summed E-state index contributed by atoms with van der Waals surface area (Å²) in [5.74, 6) is 2.25. The van der Waals surface area contributed by atoms with E-state index >= 15 is 0 Å². The van der Waals surface area contributed by atoms with E-state index in [0.717, 1.165) is 37.7 Å². The Morgan fingerprint density at radius 3 is 1.96 bits per heavy atom. The summed E-state index contributed by atoms with van der Waals surface area (Å²) in [6.07, 6.45) is 17.3. The summed E-state index contributed by atoms with van der Waals surface area (Å²) >= 11 is 0. The molecule has 0 radical (unpaired) electrons. The molecular weight excluding hydrogens is 629 g/mol. The molecule has 278 valence electrons. The van der Waals surface area contributed by atoms with E-state index in [0.29, 0.717) is 18.1 Å². The van der Waals surface area contributed by atoms with Crippen LogP contribution in [0.4, 0.5) is 0 Å². The first-order chi connectivity index (χ1) is 22.0. The molecule has 3 saturated carbocycles. The first-order valence-corrected chi connectivity index (χ1v) is 25.3. The Kier molecular flexibility index (Phi) is 12.3. The Hall–Kier alpha value is -0.286. The average molecular weight is 705 g/mol. The van der Waals surface area contributed by atoms with E-state index in [9.17, 15) is 0 Å². The fraction of sp³-hybridized carbons (Fsp3) is 0.902. The molecular formula is C41H76O5Si2. The van der Waals surface area contributed by atoms with Crippen molar-refractivity contribution in [3.63, 3.8) is 0 Å². The zero-order chi connectivity index (χ0) is 36.0. The van der Waals surface area contributed by atoms with Gasteiger partial charge in [-0.15, -0.1) is 0 Å². The second-order valence-corrected chi connectivity index (χ2v) is 29.7. The molecule has 48 heavy (non-hydrogen) atoms. The second-order valence-electron chi connectivity index (χ2n) is 20.2. The van der Waals surface area contributed by atoms with Gasteiger partial charge >= 0.3 is 0 Å². The first-order valence-electron chi connectivity index (χ1n) is 19.5. The molecule has 4 aliphatic rings. The van der Waals surface area contributed by atoms with Gasteiger partial charge in [0.05, 0.1) is 24.4 Å². The molecule has 3 aliphatic carbocycles. The molecule has 7 atom stereocenters. The highest BCUT2D eigenvalue weighted by Crippen LogP contribution is 2.60. The Bertz CT molecular complexity index is 1110. The fourth-order valence-electron chi connectivity index (χ4n) is 8.83. The van der Waals surface area contributed by atoms with Gasteiger partial charge in [0.15, 0.2) is 16.6 Å². The van der Waals surface area contributed by atoms with Crippen LogP contribution in [0.2, 0.25) is 36.3 Å². The molecule has 0 N–H and O–H groups in total. The highest BCUT2D eigenvalue weighted by molar-refractivity contribution is 6.74. The number of allylic oxidation sites excluding steroid dienone is 3. The molecule has 0 aromatic heterocycles. The summed E-state index contributed by atoms with van der Waals surface area (Å²) in [7, 11) is -2.30. The zero-order valence-corrected chi connectivity index (χ0v) is 36.1. The van der Waals surface area contributed by atoms with Crippen LogP contribution in [-0.2, 0) is 23.1 Å². The van der Waals surface area contributed by atoms with Crippen LogP contribution < -0.4 is 0 Å². The largest absolute Gasteiger partial charge is 0.410 e. The van der Waals surface area contributed by atoms with E-state index in [1.807, 2.05) is 0 Å². The lowest BCUT2D eigenvalue weighted by molar-refractivity contribution is -0.118. The van der Waals surface area contributed by atoms with E-state index in [1.165, 1.54) is 50.5 Å². The highest BCUT2D eigenvalue weighted by Gasteiger charge is 2.63. The number of fused-ring (bicyclic) bond motifs is 1. The maximum Gasteiger partial charge on any atom is 0.192 e. The molecule has 1 saturated heterocycles. The van der Waals surface area contributed by atoms with Gasteiger partial charge in [-0.05, 0) is 125 Å². The molecule has 1 aliphatic heterocycles. The highest BCUT2D eigenvalue weighted by atomic mass is 28.4. The number of hydrogen-bond acceptors (Lipinski definition) is 5. The molecule has 4 rings (SSSR count). The van der Waals surface area contributed by atoms with E-state index in [2.05, 4.69) is 108 Å². The van der Waals surface area contributed by atoms with Crippen LogP contribution in [0.1, 0.15) is 133 Å². The molecule has 0 aromatic rings. The minimum absolute atomic E-state index is 0.0600. The molecule has 0 bridgehead atoms. The average Bonchev–Trinajstić information content (AvgIpc) is 3.66. The monoisotopic (exact) mass is 705 g/mol. The van der Waals surface area contributed by atoms with Crippen LogP contribution in [0.15, 0.2) is 23.3 Å². The summed E-state index contributed by atoms with van der Waals surface area (Å²) in [5.41, 5.74) is 3.18. The third kappa shape index (κ3) is 8.83. The van der Waals surface area contributed by atoms with Crippen molar-refractivity contribution in [2.45, 2.75) is 193 Å². The number of rotatable bonds is 13. The van der Waals surface area contributed by atoms with E-state index in [1.54, 1.807) is 12.7 Å². The van der Waals surface area contributed by atoms with Gasteiger partial charge in [-0.1, -0.05) is 91.5 Å². The molecule has 0 aromatic carbocycles. The fourth-order valence-corrected chi connectivity index (χ4v) is 11.5. The van der Waals surface area contributed by atoms with Crippen LogP contribution in [0.25, 0.3) is 0 Å². The second kappa shape index (κ2) is 14.6. The Morgan fingerprint density at radius 1 is 0.896 bits per heavy atom. The van der Waals surface area contributed by atoms with Gasteiger partial charge in [0, 0.05) is 7.11 Å². The van der Waals surface area contributed by atoms with Crippen molar-refractivity contribution >= 4 is 16.6 Å². The summed E-state index contributed by atoms with van der Waals surface area (Å²) in [4.78, 5) is 0. The van der Waals surface area contributed by atoms with E-state index in [4.69, 9.17) is 23.1 Å². The quantitative estimate of drug-likeness (QED) is 0.108. The first kappa shape index (κ1) is 40.5. The SMILES string of the molecule is COCOC(C)(C)CCC[C@@H](C)C1CCC2/C(=C/C=C3CC(O[Si](C)(C)C(C)(C)C)C4(CO4)[C@H](O[Si](C)(C)C(C)(C)C)C3)CCCC21C. The summed E-state index contributed by atoms with van der Waals surface area (Å²) in [6.45, 7) is 34.4. The van der Waals surface area contributed by atoms with E-state index < -0.39 is 16.6 Å². The van der Waals surface area contributed by atoms with Gasteiger partial charge in [-0.3, -0.25) is 0 Å². The molecule has 1 spiro atoms. The Morgan fingerprint density at radius 2 is 1.46 bits per heavy atom. The number of hydrogen-bond donors (Lipinski definition) is 0. The maximum atomic E-state index is 7.25. The third-order valence-corrected chi connectivity index (χ3v) is 23.2. The maximum absolute atomic E-state index is 7.25. The molecule has 7 heteroatoms. The van der Waals surface area contributed by atoms with Crippen LogP contribution >= 0.6 is 0 Å². The van der Waals surface area contributed by atoms with Crippen molar-refractivity contribution in [3.05, 3.63) is 23.3 Å². The number of epoxide rings is 1. The van der Waals surface area contributed by atoms with E-state index in [-0.39, 0.29) is 33.5 Å². The lowest BCUT2D eigenvalue weighted by Gasteiger charge is -2.48. The topological polar surface area (TPSA) is 49.5 Å². The lowest BCUT2D eigenvalue weighted by atomic mass is 9.60. The van der Waals surface area contributed by atoms with Crippen molar-refractivity contribution < 1.29 is 23.1 Å². The van der Waals surface area contributed by atoms with Crippen molar-refractivity contribution in [1.29, 1.82) is 0 Å². The summed E-state index contributed by atoms with van der Waals surface area (Å²) in [5, 5.41) is 0.303. The predicted octanol–water partition coefficient (Wildman–Crippen LogP) is 11.6. The van der Waals surface area contributed by atoms with Crippen LogP contribution in [-0.4, -0.2) is 60.6 Å². The van der Waals surface area contributed by atoms with Crippen molar-refractivity contribution in [1.82, 2.24) is 0 Å². The molecule has 1 heterocycles. The van der Waals surface area contributed by atoms with Crippen molar-refractivity contribution in [2.75, 3.05) is 20.5 Å². The van der Waals surface area contributed by atoms with Crippen molar-refractivity contribution in [3.8, 4) is 0 Å². The van der Waals surface area contributed by atoms with Gasteiger partial charge in [-0.25, -0.2) is 0 Å².